The Morgan fingerprint density at radius 2 is 1.94 bits per heavy atom. The van der Waals surface area contributed by atoms with Gasteiger partial charge < -0.3 is 0 Å². The fraction of sp³-hybridized carbons (Fsp3) is 0.0769. The van der Waals surface area contributed by atoms with Crippen molar-refractivity contribution in [1.29, 1.82) is 0 Å². The zero-order chi connectivity index (χ0) is 12.5. The standard InChI is InChI=1S/C13H9BrClN3/c14-8-9-10(15)4-3-7-12(9)18-13-6-2-1-5-11(13)16-17-18/h1-7H,8H2. The first-order valence-corrected chi connectivity index (χ1v) is 6.95. The van der Waals surface area contributed by atoms with Gasteiger partial charge in [0.15, 0.2) is 0 Å². The molecule has 90 valence electrons. The first-order valence-electron chi connectivity index (χ1n) is 5.45. The van der Waals surface area contributed by atoms with Crippen LogP contribution in [0, 0.1) is 0 Å². The second-order valence-corrected chi connectivity index (χ2v) is 4.83. The SMILES string of the molecule is Clc1cccc(-n2nnc3ccccc32)c1CBr. The van der Waals surface area contributed by atoms with Gasteiger partial charge in [-0.1, -0.05) is 50.9 Å². The molecule has 2 aromatic carbocycles. The van der Waals surface area contributed by atoms with Crippen LogP contribution in [0.15, 0.2) is 42.5 Å². The highest BCUT2D eigenvalue weighted by Crippen LogP contribution is 2.27. The summed E-state index contributed by atoms with van der Waals surface area (Å²) in [6.45, 7) is 0. The van der Waals surface area contributed by atoms with Crippen molar-refractivity contribution in [2.75, 3.05) is 0 Å². The van der Waals surface area contributed by atoms with Crippen LogP contribution in [-0.4, -0.2) is 15.0 Å². The molecule has 3 rings (SSSR count). The Hall–Kier alpha value is -1.39. The highest BCUT2D eigenvalue weighted by molar-refractivity contribution is 9.08. The van der Waals surface area contributed by atoms with Crippen LogP contribution in [0.2, 0.25) is 5.02 Å². The van der Waals surface area contributed by atoms with Crippen LogP contribution in [0.25, 0.3) is 16.7 Å². The third kappa shape index (κ3) is 1.82. The van der Waals surface area contributed by atoms with Gasteiger partial charge in [-0.15, -0.1) is 5.10 Å². The van der Waals surface area contributed by atoms with Crippen molar-refractivity contribution in [1.82, 2.24) is 15.0 Å². The lowest BCUT2D eigenvalue weighted by molar-refractivity contribution is 0.818. The summed E-state index contributed by atoms with van der Waals surface area (Å²) in [4.78, 5) is 0. The normalized spacial score (nSPS) is 11.0. The van der Waals surface area contributed by atoms with Gasteiger partial charge in [0.2, 0.25) is 0 Å². The van der Waals surface area contributed by atoms with E-state index in [-0.39, 0.29) is 0 Å². The van der Waals surface area contributed by atoms with Crippen LogP contribution >= 0.6 is 27.5 Å². The summed E-state index contributed by atoms with van der Waals surface area (Å²) in [5.74, 6) is 0. The third-order valence-electron chi connectivity index (χ3n) is 2.81. The van der Waals surface area contributed by atoms with Gasteiger partial charge in [-0.25, -0.2) is 4.68 Å². The monoisotopic (exact) mass is 321 g/mol. The van der Waals surface area contributed by atoms with Gasteiger partial charge in [-0.2, -0.15) is 0 Å². The lowest BCUT2D eigenvalue weighted by Gasteiger charge is -2.09. The summed E-state index contributed by atoms with van der Waals surface area (Å²) in [6, 6.07) is 13.6. The van der Waals surface area contributed by atoms with E-state index in [0.29, 0.717) is 5.33 Å². The van der Waals surface area contributed by atoms with Gasteiger partial charge in [-0.05, 0) is 24.3 Å². The van der Waals surface area contributed by atoms with E-state index in [9.17, 15) is 0 Å². The molecule has 0 amide bonds. The minimum atomic E-state index is 0.677. The maximum Gasteiger partial charge on any atom is 0.113 e. The lowest BCUT2D eigenvalue weighted by atomic mass is 10.2. The number of benzene rings is 2. The molecular weight excluding hydrogens is 314 g/mol. The Labute approximate surface area is 118 Å². The molecule has 0 aliphatic carbocycles. The van der Waals surface area contributed by atoms with E-state index >= 15 is 0 Å². The Bertz CT molecular complexity index is 708. The average Bonchev–Trinajstić information content (AvgIpc) is 2.82. The van der Waals surface area contributed by atoms with Crippen molar-refractivity contribution < 1.29 is 0 Å². The summed E-state index contributed by atoms with van der Waals surface area (Å²) in [6.07, 6.45) is 0. The minimum absolute atomic E-state index is 0.677. The van der Waals surface area contributed by atoms with Gasteiger partial charge in [0.05, 0.1) is 11.2 Å². The number of nitrogens with zero attached hydrogens (tertiary/aromatic N) is 3. The molecule has 0 atom stereocenters. The summed E-state index contributed by atoms with van der Waals surface area (Å²) in [5, 5.41) is 9.76. The maximum absolute atomic E-state index is 6.21. The van der Waals surface area contributed by atoms with Crippen LogP contribution < -0.4 is 0 Å². The Kier molecular flexibility index (Phi) is 3.06. The number of fused-ring (bicyclic) bond motifs is 1. The molecule has 3 aromatic rings. The van der Waals surface area contributed by atoms with Crippen LogP contribution in [0.4, 0.5) is 0 Å². The van der Waals surface area contributed by atoms with Crippen LogP contribution in [0.5, 0.6) is 0 Å². The fourth-order valence-electron chi connectivity index (χ4n) is 1.92. The molecule has 1 aromatic heterocycles. The second kappa shape index (κ2) is 4.71. The number of rotatable bonds is 2. The average molecular weight is 323 g/mol. The predicted octanol–water partition coefficient (Wildman–Crippen LogP) is 3.97. The first kappa shape index (κ1) is 11.7. The number of aromatic nitrogens is 3. The van der Waals surface area contributed by atoms with E-state index in [4.69, 9.17) is 11.6 Å². The van der Waals surface area contributed by atoms with Crippen molar-refractivity contribution in [3.63, 3.8) is 0 Å². The Morgan fingerprint density at radius 1 is 1.11 bits per heavy atom. The summed E-state index contributed by atoms with van der Waals surface area (Å²) < 4.78 is 1.82. The van der Waals surface area contributed by atoms with Crippen LogP contribution in [-0.2, 0) is 5.33 Å². The molecule has 3 nitrogen and oxygen atoms in total. The molecule has 1 heterocycles. The van der Waals surface area contributed by atoms with Crippen molar-refractivity contribution in [2.45, 2.75) is 5.33 Å². The topological polar surface area (TPSA) is 30.7 Å². The van der Waals surface area contributed by atoms with Crippen LogP contribution in [0.1, 0.15) is 5.56 Å². The fourth-order valence-corrected chi connectivity index (χ4v) is 2.91. The molecule has 0 saturated carbocycles. The van der Waals surface area contributed by atoms with Crippen molar-refractivity contribution in [3.8, 4) is 5.69 Å². The van der Waals surface area contributed by atoms with E-state index in [1.54, 1.807) is 0 Å². The number of hydrogen-bond acceptors (Lipinski definition) is 2. The zero-order valence-corrected chi connectivity index (χ0v) is 11.7. The molecule has 0 spiro atoms. The molecule has 0 radical (unpaired) electrons. The van der Waals surface area contributed by atoms with Gasteiger partial charge in [0.1, 0.15) is 5.52 Å². The van der Waals surface area contributed by atoms with Crippen molar-refractivity contribution >= 4 is 38.6 Å². The number of halogens is 2. The van der Waals surface area contributed by atoms with Gasteiger partial charge in [0, 0.05) is 15.9 Å². The van der Waals surface area contributed by atoms with Gasteiger partial charge in [-0.3, -0.25) is 0 Å². The highest BCUT2D eigenvalue weighted by Gasteiger charge is 2.11. The largest absolute Gasteiger partial charge is 0.212 e. The highest BCUT2D eigenvalue weighted by atomic mass is 79.9. The molecule has 5 heteroatoms. The molecule has 0 bridgehead atoms. The minimum Gasteiger partial charge on any atom is -0.212 e. The quantitative estimate of drug-likeness (QED) is 0.668. The van der Waals surface area contributed by atoms with Crippen molar-refractivity contribution in [2.24, 2.45) is 0 Å². The summed E-state index contributed by atoms with van der Waals surface area (Å²) in [5.41, 5.74) is 3.81. The van der Waals surface area contributed by atoms with Crippen molar-refractivity contribution in [3.05, 3.63) is 53.1 Å². The number of hydrogen-bond donors (Lipinski definition) is 0. The molecular formula is C13H9BrClN3. The smallest absolute Gasteiger partial charge is 0.113 e. The Morgan fingerprint density at radius 3 is 2.78 bits per heavy atom. The Balaban J connectivity index is 2.30. The van der Waals surface area contributed by atoms with Gasteiger partial charge >= 0.3 is 0 Å². The predicted molar refractivity (Wildman–Crippen MR) is 76.5 cm³/mol. The molecule has 18 heavy (non-hydrogen) atoms. The molecule has 0 N–H and O–H groups in total. The molecule has 0 unspecified atom stereocenters. The zero-order valence-electron chi connectivity index (χ0n) is 9.35. The van der Waals surface area contributed by atoms with Gasteiger partial charge in [0.25, 0.3) is 0 Å². The molecule has 0 fully saturated rings. The van der Waals surface area contributed by atoms with E-state index in [2.05, 4.69) is 26.2 Å². The van der Waals surface area contributed by atoms with E-state index in [1.165, 1.54) is 0 Å². The molecule has 0 aliphatic heterocycles. The lowest BCUT2D eigenvalue weighted by Crippen LogP contribution is -2.01. The third-order valence-corrected chi connectivity index (χ3v) is 3.72. The molecule has 0 saturated heterocycles. The van der Waals surface area contributed by atoms with E-state index < -0.39 is 0 Å². The number of para-hydroxylation sites is 1. The second-order valence-electron chi connectivity index (χ2n) is 3.86. The van der Waals surface area contributed by atoms with E-state index in [1.807, 2.05) is 47.1 Å². The number of alkyl halides is 1. The molecule has 0 aliphatic rings. The first-order chi connectivity index (χ1) is 8.81. The summed E-state index contributed by atoms with van der Waals surface area (Å²) in [7, 11) is 0. The maximum atomic E-state index is 6.21. The van der Waals surface area contributed by atoms with Crippen LogP contribution in [0.3, 0.4) is 0 Å². The van der Waals surface area contributed by atoms with E-state index in [0.717, 1.165) is 27.3 Å². The summed E-state index contributed by atoms with van der Waals surface area (Å²) >= 11 is 9.67.